The Labute approximate surface area is 123 Å². The second-order valence-corrected chi connectivity index (χ2v) is 5.42. The molecule has 2 N–H and O–H groups in total. The molecule has 1 fully saturated rings. The molecule has 0 radical (unpaired) electrons. The van der Waals surface area contributed by atoms with Crippen LogP contribution in [0.3, 0.4) is 0 Å². The lowest BCUT2D eigenvalue weighted by Gasteiger charge is -2.37. The number of nitrogens with two attached hydrogens (primary N) is 1. The van der Waals surface area contributed by atoms with Crippen LogP contribution in [0.4, 0.5) is 0 Å². The summed E-state index contributed by atoms with van der Waals surface area (Å²) in [5.41, 5.74) is 5.69. The Bertz CT molecular complexity index is 532. The number of hydrogen-bond donors (Lipinski definition) is 1. The third-order valence-corrected chi connectivity index (χ3v) is 3.77. The number of carbonyl (C=O) groups excluding carboxylic acids is 2. The summed E-state index contributed by atoms with van der Waals surface area (Å²) in [6, 6.07) is 3.38. The first kappa shape index (κ1) is 15.4. The van der Waals surface area contributed by atoms with Gasteiger partial charge in [-0.3, -0.25) is 9.59 Å². The molecule has 0 unspecified atom stereocenters. The smallest absolute Gasteiger partial charge is 0.274 e. The van der Waals surface area contributed by atoms with Gasteiger partial charge in [-0.15, -0.1) is 5.10 Å². The second-order valence-electron chi connectivity index (χ2n) is 5.42. The molecular weight excluding hydrogens is 272 g/mol. The van der Waals surface area contributed by atoms with Gasteiger partial charge in [-0.25, -0.2) is 0 Å². The number of amides is 2. The standard InChI is InChI=1S/C14H20N4O3/c1-10-4-5-11(17-16-10)13(20)18-7-3-6-14(18,9-21-2)8-12(15)19/h4-5H,3,6-9H2,1-2H3,(H2,15,19)/t14-/m1/s1. The summed E-state index contributed by atoms with van der Waals surface area (Å²) in [4.78, 5) is 25.7. The molecule has 0 aromatic carbocycles. The van der Waals surface area contributed by atoms with E-state index in [1.165, 1.54) is 0 Å². The summed E-state index contributed by atoms with van der Waals surface area (Å²) in [5, 5.41) is 7.84. The Morgan fingerprint density at radius 3 is 2.76 bits per heavy atom. The summed E-state index contributed by atoms with van der Waals surface area (Å²) in [5.74, 6) is -0.681. The van der Waals surface area contributed by atoms with Crippen molar-refractivity contribution in [2.45, 2.75) is 31.7 Å². The Hall–Kier alpha value is -2.02. The van der Waals surface area contributed by atoms with Crippen molar-refractivity contribution in [2.24, 2.45) is 5.73 Å². The second kappa shape index (κ2) is 6.17. The van der Waals surface area contributed by atoms with Gasteiger partial charge in [-0.1, -0.05) is 0 Å². The van der Waals surface area contributed by atoms with Crippen molar-refractivity contribution in [3.8, 4) is 0 Å². The highest BCUT2D eigenvalue weighted by atomic mass is 16.5. The molecule has 0 aliphatic carbocycles. The van der Waals surface area contributed by atoms with Crippen LogP contribution >= 0.6 is 0 Å². The van der Waals surface area contributed by atoms with E-state index in [1.54, 1.807) is 31.1 Å². The maximum absolute atomic E-state index is 12.6. The Morgan fingerprint density at radius 2 is 2.19 bits per heavy atom. The molecule has 7 heteroatoms. The zero-order chi connectivity index (χ0) is 15.5. The number of likely N-dealkylation sites (tertiary alicyclic amines) is 1. The molecule has 1 saturated heterocycles. The van der Waals surface area contributed by atoms with Crippen LogP contribution in [-0.2, 0) is 9.53 Å². The van der Waals surface area contributed by atoms with E-state index in [9.17, 15) is 9.59 Å². The average molecular weight is 292 g/mol. The Morgan fingerprint density at radius 1 is 1.43 bits per heavy atom. The van der Waals surface area contributed by atoms with Gasteiger partial charge < -0.3 is 15.4 Å². The van der Waals surface area contributed by atoms with Crippen LogP contribution < -0.4 is 5.73 Å². The van der Waals surface area contributed by atoms with Crippen LogP contribution in [0.2, 0.25) is 0 Å². The normalized spacial score (nSPS) is 21.5. The molecule has 1 atom stereocenters. The lowest BCUT2D eigenvalue weighted by molar-refractivity contribution is -0.121. The van der Waals surface area contributed by atoms with E-state index in [4.69, 9.17) is 10.5 Å². The highest BCUT2D eigenvalue weighted by Gasteiger charge is 2.45. The number of aryl methyl sites for hydroxylation is 1. The average Bonchev–Trinajstić information content (AvgIpc) is 2.81. The number of primary amides is 1. The molecule has 1 aromatic heterocycles. The predicted octanol–water partition coefficient (Wildman–Crippen LogP) is 0.282. The van der Waals surface area contributed by atoms with Gasteiger partial charge in [0.1, 0.15) is 0 Å². The number of methoxy groups -OCH3 is 1. The maximum Gasteiger partial charge on any atom is 0.274 e. The maximum atomic E-state index is 12.6. The van der Waals surface area contributed by atoms with E-state index in [1.807, 2.05) is 0 Å². The Balaban J connectivity index is 2.28. The minimum absolute atomic E-state index is 0.0892. The fourth-order valence-corrected chi connectivity index (χ4v) is 2.88. The monoisotopic (exact) mass is 292 g/mol. The van der Waals surface area contributed by atoms with E-state index in [-0.39, 0.29) is 24.6 Å². The third kappa shape index (κ3) is 3.18. The van der Waals surface area contributed by atoms with Crippen LogP contribution in [-0.4, -0.2) is 52.7 Å². The van der Waals surface area contributed by atoms with E-state index < -0.39 is 11.4 Å². The van der Waals surface area contributed by atoms with Crippen LogP contribution in [0.5, 0.6) is 0 Å². The SMILES string of the molecule is COC[C@]1(CC(N)=O)CCCN1C(=O)c1ccc(C)nn1. The number of hydrogen-bond acceptors (Lipinski definition) is 5. The minimum atomic E-state index is -0.676. The van der Waals surface area contributed by atoms with Gasteiger partial charge in [0.05, 0.1) is 24.3 Å². The number of carbonyl (C=O) groups is 2. The summed E-state index contributed by atoms with van der Waals surface area (Å²) in [7, 11) is 1.55. The summed E-state index contributed by atoms with van der Waals surface area (Å²) in [6.07, 6.45) is 1.59. The molecule has 1 aromatic rings. The molecule has 21 heavy (non-hydrogen) atoms. The Kier molecular flexibility index (Phi) is 4.52. The van der Waals surface area contributed by atoms with Gasteiger partial charge in [-0.05, 0) is 31.9 Å². The van der Waals surface area contributed by atoms with E-state index in [0.717, 1.165) is 12.1 Å². The van der Waals surface area contributed by atoms with Crippen molar-refractivity contribution in [1.82, 2.24) is 15.1 Å². The molecule has 1 aliphatic heterocycles. The highest BCUT2D eigenvalue weighted by molar-refractivity contribution is 5.93. The quantitative estimate of drug-likeness (QED) is 0.840. The number of aromatic nitrogens is 2. The van der Waals surface area contributed by atoms with Crippen molar-refractivity contribution in [1.29, 1.82) is 0 Å². The van der Waals surface area contributed by atoms with Crippen molar-refractivity contribution >= 4 is 11.8 Å². The van der Waals surface area contributed by atoms with Crippen LogP contribution in [0, 0.1) is 6.92 Å². The molecule has 0 bridgehead atoms. The van der Waals surface area contributed by atoms with Crippen LogP contribution in [0.25, 0.3) is 0 Å². The predicted molar refractivity (Wildman–Crippen MR) is 75.5 cm³/mol. The van der Waals surface area contributed by atoms with E-state index >= 15 is 0 Å². The van der Waals surface area contributed by atoms with E-state index in [0.29, 0.717) is 13.0 Å². The van der Waals surface area contributed by atoms with Crippen molar-refractivity contribution in [2.75, 3.05) is 20.3 Å². The first-order valence-electron chi connectivity index (χ1n) is 6.88. The summed E-state index contributed by atoms with van der Waals surface area (Å²) < 4.78 is 5.23. The molecule has 2 heterocycles. The van der Waals surface area contributed by atoms with Gasteiger partial charge in [0.25, 0.3) is 5.91 Å². The molecule has 0 saturated carbocycles. The molecule has 2 amide bonds. The van der Waals surface area contributed by atoms with Crippen LogP contribution in [0.1, 0.15) is 35.4 Å². The zero-order valence-electron chi connectivity index (χ0n) is 12.3. The topological polar surface area (TPSA) is 98.4 Å². The van der Waals surface area contributed by atoms with Gasteiger partial charge in [0, 0.05) is 13.7 Å². The molecule has 114 valence electrons. The van der Waals surface area contributed by atoms with Crippen molar-refractivity contribution in [3.05, 3.63) is 23.5 Å². The fraction of sp³-hybridized carbons (Fsp3) is 0.571. The zero-order valence-corrected chi connectivity index (χ0v) is 12.3. The molecular formula is C14H20N4O3. The number of ether oxygens (including phenoxy) is 1. The first-order chi connectivity index (χ1) is 9.98. The highest BCUT2D eigenvalue weighted by Crippen LogP contribution is 2.33. The van der Waals surface area contributed by atoms with Gasteiger partial charge >= 0.3 is 0 Å². The van der Waals surface area contributed by atoms with E-state index in [2.05, 4.69) is 10.2 Å². The van der Waals surface area contributed by atoms with Crippen LogP contribution in [0.15, 0.2) is 12.1 Å². The lowest BCUT2D eigenvalue weighted by atomic mass is 9.92. The fourth-order valence-electron chi connectivity index (χ4n) is 2.88. The first-order valence-corrected chi connectivity index (χ1v) is 6.88. The van der Waals surface area contributed by atoms with Gasteiger partial charge in [-0.2, -0.15) is 5.10 Å². The van der Waals surface area contributed by atoms with Crippen molar-refractivity contribution in [3.63, 3.8) is 0 Å². The lowest BCUT2D eigenvalue weighted by Crippen LogP contribution is -2.52. The summed E-state index contributed by atoms with van der Waals surface area (Å²) in [6.45, 7) is 2.64. The molecule has 1 aliphatic rings. The molecule has 7 nitrogen and oxygen atoms in total. The largest absolute Gasteiger partial charge is 0.382 e. The van der Waals surface area contributed by atoms with Gasteiger partial charge in [0.15, 0.2) is 5.69 Å². The molecule has 0 spiro atoms. The summed E-state index contributed by atoms with van der Waals surface area (Å²) >= 11 is 0. The van der Waals surface area contributed by atoms with Gasteiger partial charge in [0.2, 0.25) is 5.91 Å². The molecule has 2 rings (SSSR count). The third-order valence-electron chi connectivity index (χ3n) is 3.77. The number of nitrogens with zero attached hydrogens (tertiary/aromatic N) is 3. The number of rotatable bonds is 5. The minimum Gasteiger partial charge on any atom is -0.382 e. The van der Waals surface area contributed by atoms with Crippen molar-refractivity contribution < 1.29 is 14.3 Å².